The maximum atomic E-state index is 12.7. The van der Waals surface area contributed by atoms with Gasteiger partial charge in [-0.25, -0.2) is 0 Å². The summed E-state index contributed by atoms with van der Waals surface area (Å²) < 4.78 is 0. The fourth-order valence-electron chi connectivity index (χ4n) is 2.84. The Bertz CT molecular complexity index is 951. The molecule has 168 valence electrons. The zero-order valence-corrected chi connectivity index (χ0v) is 18.3. The molecule has 0 aliphatic rings. The number of para-hydroxylation sites is 1. The van der Waals surface area contributed by atoms with Gasteiger partial charge in [-0.2, -0.15) is 25.3 Å². The molecule has 3 atom stereocenters. The van der Waals surface area contributed by atoms with Crippen LogP contribution in [0.15, 0.2) is 30.5 Å². The molecule has 2 rings (SSSR count). The minimum absolute atomic E-state index is 0.0343. The van der Waals surface area contributed by atoms with Crippen LogP contribution in [0.4, 0.5) is 0 Å². The minimum atomic E-state index is -1.22. The second-order valence-electron chi connectivity index (χ2n) is 6.77. The maximum absolute atomic E-state index is 12.7. The Balaban J connectivity index is 2.19. The summed E-state index contributed by atoms with van der Waals surface area (Å²) in [5, 5.41) is 17.0. The third kappa shape index (κ3) is 6.91. The van der Waals surface area contributed by atoms with Gasteiger partial charge in [-0.05, 0) is 11.6 Å². The van der Waals surface area contributed by atoms with Crippen LogP contribution in [-0.4, -0.2) is 70.0 Å². The van der Waals surface area contributed by atoms with E-state index in [2.05, 4.69) is 46.2 Å². The molecule has 31 heavy (non-hydrogen) atoms. The van der Waals surface area contributed by atoms with E-state index in [1.54, 1.807) is 6.20 Å². The smallest absolute Gasteiger partial charge is 0.322 e. The van der Waals surface area contributed by atoms with Crippen LogP contribution in [0.25, 0.3) is 10.9 Å². The quantitative estimate of drug-likeness (QED) is 0.199. The number of rotatable bonds is 11. The number of benzene rings is 1. The number of H-pyrrole nitrogens is 1. The lowest BCUT2D eigenvalue weighted by Crippen LogP contribution is -2.57. The fourth-order valence-corrected chi connectivity index (χ4v) is 3.27. The van der Waals surface area contributed by atoms with Gasteiger partial charge < -0.3 is 31.8 Å². The van der Waals surface area contributed by atoms with E-state index in [9.17, 15) is 19.2 Å². The lowest BCUT2D eigenvalue weighted by molar-refractivity contribution is -0.138. The molecular weight excluding hydrogens is 442 g/mol. The first-order chi connectivity index (χ1) is 14.8. The molecule has 3 unspecified atom stereocenters. The van der Waals surface area contributed by atoms with Crippen LogP contribution in [-0.2, 0) is 25.6 Å². The highest BCUT2D eigenvalue weighted by Crippen LogP contribution is 2.19. The molecular formula is C19H25N5O5S2. The summed E-state index contributed by atoms with van der Waals surface area (Å²) >= 11 is 8.04. The lowest BCUT2D eigenvalue weighted by atomic mass is 10.0. The summed E-state index contributed by atoms with van der Waals surface area (Å²) in [5.41, 5.74) is 7.23. The molecule has 0 bridgehead atoms. The largest absolute Gasteiger partial charge is 0.480 e. The van der Waals surface area contributed by atoms with E-state index in [1.807, 2.05) is 24.3 Å². The normalized spacial score (nSPS) is 13.8. The van der Waals surface area contributed by atoms with Crippen molar-refractivity contribution < 1.29 is 24.3 Å². The van der Waals surface area contributed by atoms with Crippen molar-refractivity contribution >= 4 is 59.9 Å². The molecule has 7 N–H and O–H groups in total. The van der Waals surface area contributed by atoms with Gasteiger partial charge in [-0.15, -0.1) is 0 Å². The Morgan fingerprint density at radius 1 is 1.00 bits per heavy atom. The molecule has 0 spiro atoms. The van der Waals surface area contributed by atoms with Gasteiger partial charge in [0.15, 0.2) is 0 Å². The topological polar surface area (TPSA) is 166 Å². The molecule has 10 nitrogen and oxygen atoms in total. The van der Waals surface area contributed by atoms with Crippen molar-refractivity contribution in [3.63, 3.8) is 0 Å². The van der Waals surface area contributed by atoms with Crippen LogP contribution < -0.4 is 21.7 Å². The number of fused-ring (bicyclic) bond motifs is 1. The number of hydrogen-bond donors (Lipinski definition) is 8. The van der Waals surface area contributed by atoms with E-state index >= 15 is 0 Å². The van der Waals surface area contributed by atoms with Crippen molar-refractivity contribution in [3.8, 4) is 0 Å². The summed E-state index contributed by atoms with van der Waals surface area (Å²) in [4.78, 5) is 51.2. The van der Waals surface area contributed by atoms with Crippen LogP contribution >= 0.6 is 25.3 Å². The molecule has 0 aliphatic carbocycles. The van der Waals surface area contributed by atoms with Crippen molar-refractivity contribution in [3.05, 3.63) is 36.0 Å². The molecule has 0 saturated carbocycles. The molecule has 1 aromatic heterocycles. The predicted octanol–water partition coefficient (Wildman–Crippen LogP) is -0.932. The highest BCUT2D eigenvalue weighted by molar-refractivity contribution is 7.80. The summed E-state index contributed by atoms with van der Waals surface area (Å²) in [7, 11) is 0. The lowest BCUT2D eigenvalue weighted by Gasteiger charge is -2.23. The maximum Gasteiger partial charge on any atom is 0.322 e. The molecule has 1 heterocycles. The third-order valence-corrected chi connectivity index (χ3v) is 5.25. The second kappa shape index (κ2) is 11.6. The van der Waals surface area contributed by atoms with Crippen molar-refractivity contribution in [2.45, 2.75) is 24.5 Å². The van der Waals surface area contributed by atoms with E-state index in [1.165, 1.54) is 0 Å². The van der Waals surface area contributed by atoms with Gasteiger partial charge in [0.05, 0.1) is 6.04 Å². The average Bonchev–Trinajstić information content (AvgIpc) is 3.17. The first-order valence-corrected chi connectivity index (χ1v) is 10.7. The van der Waals surface area contributed by atoms with E-state index in [4.69, 9.17) is 10.8 Å². The number of carbonyl (C=O) groups is 4. The Labute approximate surface area is 189 Å². The number of aromatic amines is 1. The summed E-state index contributed by atoms with van der Waals surface area (Å²) in [6.45, 7) is -0.595. The Hall–Kier alpha value is -2.70. The van der Waals surface area contributed by atoms with Gasteiger partial charge in [-0.3, -0.25) is 19.2 Å². The molecule has 1 aromatic carbocycles. The molecule has 2 aromatic rings. The summed E-state index contributed by atoms with van der Waals surface area (Å²) in [6, 6.07) is 4.41. The molecule has 0 fully saturated rings. The van der Waals surface area contributed by atoms with Crippen LogP contribution in [0, 0.1) is 0 Å². The zero-order chi connectivity index (χ0) is 23.0. The highest BCUT2D eigenvalue weighted by atomic mass is 32.1. The van der Waals surface area contributed by atoms with E-state index in [0.717, 1.165) is 16.5 Å². The SMILES string of the molecule is NC(CS)C(=O)NC(CS)C(=O)NC(Cc1c[nH]c2ccccc12)C(=O)NCC(=O)O. The Kier molecular flexibility index (Phi) is 9.21. The van der Waals surface area contributed by atoms with Gasteiger partial charge in [0.2, 0.25) is 17.7 Å². The minimum Gasteiger partial charge on any atom is -0.480 e. The van der Waals surface area contributed by atoms with Crippen LogP contribution in [0.1, 0.15) is 5.56 Å². The summed E-state index contributed by atoms with van der Waals surface area (Å²) in [6.07, 6.45) is 1.82. The number of aromatic nitrogens is 1. The number of nitrogens with two attached hydrogens (primary N) is 1. The number of aliphatic carboxylic acids is 1. The highest BCUT2D eigenvalue weighted by Gasteiger charge is 2.28. The van der Waals surface area contributed by atoms with Crippen LogP contribution in [0.2, 0.25) is 0 Å². The third-order valence-electron chi connectivity index (χ3n) is 4.49. The average molecular weight is 468 g/mol. The zero-order valence-electron chi connectivity index (χ0n) is 16.5. The molecule has 0 radical (unpaired) electrons. The Morgan fingerprint density at radius 3 is 2.32 bits per heavy atom. The van der Waals surface area contributed by atoms with Gasteiger partial charge in [0, 0.05) is 35.0 Å². The monoisotopic (exact) mass is 467 g/mol. The standard InChI is InChI=1S/C19H25N5O5S2/c20-12(8-30)17(27)24-15(9-31)19(29)23-14(18(28)22-7-16(25)26)5-10-6-21-13-4-2-1-3-11(10)13/h1-4,6,12,14-15,21,30-31H,5,7-9,20H2,(H,22,28)(H,23,29)(H,24,27)(H,25,26). The van der Waals surface area contributed by atoms with Crippen LogP contribution in [0.5, 0.6) is 0 Å². The van der Waals surface area contributed by atoms with Crippen molar-refractivity contribution in [2.75, 3.05) is 18.1 Å². The number of amides is 3. The van der Waals surface area contributed by atoms with E-state index in [0.29, 0.717) is 0 Å². The number of carbonyl (C=O) groups excluding carboxylic acids is 3. The predicted molar refractivity (Wildman–Crippen MR) is 122 cm³/mol. The van der Waals surface area contributed by atoms with Gasteiger partial charge >= 0.3 is 5.97 Å². The Morgan fingerprint density at radius 2 is 1.68 bits per heavy atom. The molecule has 0 saturated heterocycles. The number of hydrogen-bond acceptors (Lipinski definition) is 7. The van der Waals surface area contributed by atoms with E-state index in [-0.39, 0.29) is 17.9 Å². The van der Waals surface area contributed by atoms with Crippen molar-refractivity contribution in [2.24, 2.45) is 5.73 Å². The number of nitrogens with one attached hydrogen (secondary N) is 4. The van der Waals surface area contributed by atoms with Crippen molar-refractivity contribution in [1.82, 2.24) is 20.9 Å². The van der Waals surface area contributed by atoms with Crippen molar-refractivity contribution in [1.29, 1.82) is 0 Å². The van der Waals surface area contributed by atoms with Gasteiger partial charge in [0.1, 0.15) is 18.6 Å². The van der Waals surface area contributed by atoms with Crippen LogP contribution in [0.3, 0.4) is 0 Å². The first kappa shape index (κ1) is 24.6. The van der Waals surface area contributed by atoms with E-state index < -0.39 is 48.4 Å². The summed E-state index contributed by atoms with van der Waals surface area (Å²) in [5.74, 6) is -3.05. The molecule has 0 aliphatic heterocycles. The van der Waals surface area contributed by atoms with Gasteiger partial charge in [-0.1, -0.05) is 18.2 Å². The number of carboxylic acids is 1. The number of carboxylic acid groups (broad SMARTS) is 1. The number of thiol groups is 2. The fraction of sp³-hybridized carbons (Fsp3) is 0.368. The molecule has 3 amide bonds. The second-order valence-corrected chi connectivity index (χ2v) is 7.50. The molecule has 12 heteroatoms. The van der Waals surface area contributed by atoms with Gasteiger partial charge in [0.25, 0.3) is 0 Å². The first-order valence-electron chi connectivity index (χ1n) is 9.39.